The van der Waals surface area contributed by atoms with Gasteiger partial charge < -0.3 is 9.84 Å². The quantitative estimate of drug-likeness (QED) is 0.411. The topological polar surface area (TPSA) is 46.5 Å². The van der Waals surface area contributed by atoms with Crippen molar-refractivity contribution in [3.05, 3.63) is 108 Å². The van der Waals surface area contributed by atoms with Gasteiger partial charge in [-0.25, -0.2) is 4.79 Å². The van der Waals surface area contributed by atoms with Crippen molar-refractivity contribution in [3.8, 4) is 0 Å². The molecule has 0 bridgehead atoms. The van der Waals surface area contributed by atoms with E-state index in [4.69, 9.17) is 4.74 Å². The van der Waals surface area contributed by atoms with Gasteiger partial charge in [0.05, 0.1) is 25.5 Å². The second-order valence-corrected chi connectivity index (χ2v) is 13.7. The molecule has 0 unspecified atom stereocenters. The predicted octanol–water partition coefficient (Wildman–Crippen LogP) is 5.61. The van der Waals surface area contributed by atoms with E-state index < -0.39 is 19.9 Å². The minimum atomic E-state index is -2.03. The Labute approximate surface area is 174 Å². The summed E-state index contributed by atoms with van der Waals surface area (Å²) in [5.74, 6) is -0.697. The number of rotatable bonds is 7. The van der Waals surface area contributed by atoms with Crippen molar-refractivity contribution in [2.24, 2.45) is 0 Å². The van der Waals surface area contributed by atoms with Crippen LogP contribution in [0.5, 0.6) is 0 Å². The molecule has 0 radical (unpaired) electrons. The number of benzene rings is 3. The molecular formula is C25H28O3Si. The van der Waals surface area contributed by atoms with E-state index in [2.05, 4.69) is 19.6 Å². The first-order valence-electron chi connectivity index (χ1n) is 9.92. The summed E-state index contributed by atoms with van der Waals surface area (Å²) in [4.78, 5) is 12.9. The summed E-state index contributed by atoms with van der Waals surface area (Å²) in [6.07, 6.45) is -0.779. The summed E-state index contributed by atoms with van der Waals surface area (Å²) in [6.45, 7) is 6.51. The summed E-state index contributed by atoms with van der Waals surface area (Å²) in [7, 11) is -2.03. The molecule has 0 saturated carbocycles. The van der Waals surface area contributed by atoms with Crippen LogP contribution in [0.3, 0.4) is 0 Å². The maximum atomic E-state index is 12.9. The van der Waals surface area contributed by atoms with Gasteiger partial charge in [-0.1, -0.05) is 98.5 Å². The van der Waals surface area contributed by atoms with Crippen LogP contribution in [-0.2, 0) is 4.74 Å². The Hall–Kier alpha value is -2.69. The van der Waals surface area contributed by atoms with Crippen molar-refractivity contribution in [1.82, 2.24) is 0 Å². The number of ether oxygens (including phenoxy) is 1. The van der Waals surface area contributed by atoms with Gasteiger partial charge in [0, 0.05) is 5.92 Å². The van der Waals surface area contributed by atoms with E-state index >= 15 is 0 Å². The fourth-order valence-corrected chi connectivity index (χ4v) is 5.51. The molecule has 0 heterocycles. The summed E-state index contributed by atoms with van der Waals surface area (Å²) in [5.41, 5.74) is 1.92. The minimum Gasteiger partial charge on any atom is -0.462 e. The second kappa shape index (κ2) is 9.20. The van der Waals surface area contributed by atoms with Gasteiger partial charge in [-0.15, -0.1) is 0 Å². The molecule has 4 heteroatoms. The lowest BCUT2D eigenvalue weighted by Gasteiger charge is -2.38. The highest BCUT2D eigenvalue weighted by Crippen LogP contribution is 2.39. The molecule has 0 aliphatic heterocycles. The van der Waals surface area contributed by atoms with Crippen molar-refractivity contribution in [3.63, 3.8) is 0 Å². The van der Waals surface area contributed by atoms with Gasteiger partial charge in [0.1, 0.15) is 0 Å². The smallest absolute Gasteiger partial charge is 0.338 e. The number of carbonyl (C=O) groups is 1. The van der Waals surface area contributed by atoms with Crippen molar-refractivity contribution >= 4 is 14.0 Å². The van der Waals surface area contributed by atoms with Crippen LogP contribution in [0.25, 0.3) is 0 Å². The molecule has 3 aromatic carbocycles. The Kier molecular flexibility index (Phi) is 6.67. The van der Waals surface area contributed by atoms with Crippen LogP contribution in [0, 0.1) is 0 Å². The number of aliphatic hydroxyl groups is 1. The van der Waals surface area contributed by atoms with Crippen molar-refractivity contribution in [2.45, 2.75) is 37.4 Å². The van der Waals surface area contributed by atoms with Crippen LogP contribution in [-0.4, -0.2) is 24.9 Å². The Bertz CT molecular complexity index is 905. The number of hydrogen-bond acceptors (Lipinski definition) is 3. The number of esters is 1. The molecule has 150 valence electrons. The largest absolute Gasteiger partial charge is 0.462 e. The minimum absolute atomic E-state index is 0.348. The molecule has 0 saturated heterocycles. The third kappa shape index (κ3) is 5.22. The first-order valence-corrected chi connectivity index (χ1v) is 13.5. The third-order valence-electron chi connectivity index (χ3n) is 5.09. The Morgan fingerprint density at radius 1 is 0.759 bits per heavy atom. The molecule has 0 amide bonds. The number of hydrogen-bond donors (Lipinski definition) is 1. The Morgan fingerprint density at radius 3 is 1.69 bits per heavy atom. The molecule has 0 aliphatic rings. The standard InChI is InChI=1S/C25H28O3Si/c1-29(2,3)25(28-24(27)21-17-11-6-12-18-21)22(19-13-7-4-8-14-19)23(26)20-15-9-5-10-16-20/h4-18,22-23,25-26H,1-3H3/t22-,23-,25-/m0/s1. The van der Waals surface area contributed by atoms with Crippen LogP contribution in [0.15, 0.2) is 91.0 Å². The zero-order chi connectivity index (χ0) is 20.9. The molecule has 29 heavy (non-hydrogen) atoms. The van der Waals surface area contributed by atoms with Gasteiger partial charge in [0.2, 0.25) is 0 Å². The summed E-state index contributed by atoms with van der Waals surface area (Å²) in [6, 6.07) is 28.5. The molecule has 0 aliphatic carbocycles. The van der Waals surface area contributed by atoms with Crippen LogP contribution in [0.1, 0.15) is 33.5 Å². The molecule has 3 atom stereocenters. The highest BCUT2D eigenvalue weighted by Gasteiger charge is 2.42. The maximum Gasteiger partial charge on any atom is 0.338 e. The number of aliphatic hydroxyl groups excluding tert-OH is 1. The Morgan fingerprint density at radius 2 is 1.21 bits per heavy atom. The average molecular weight is 405 g/mol. The fourth-order valence-electron chi connectivity index (χ4n) is 3.60. The van der Waals surface area contributed by atoms with Gasteiger partial charge in [0.25, 0.3) is 0 Å². The molecule has 3 nitrogen and oxygen atoms in total. The van der Waals surface area contributed by atoms with Crippen molar-refractivity contribution < 1.29 is 14.6 Å². The van der Waals surface area contributed by atoms with Crippen LogP contribution >= 0.6 is 0 Å². The first kappa shape index (κ1) is 21.0. The Balaban J connectivity index is 2.02. The van der Waals surface area contributed by atoms with Crippen molar-refractivity contribution in [2.75, 3.05) is 0 Å². The van der Waals surface area contributed by atoms with E-state index in [1.165, 1.54) is 0 Å². The van der Waals surface area contributed by atoms with E-state index in [1.54, 1.807) is 12.1 Å². The zero-order valence-electron chi connectivity index (χ0n) is 17.2. The summed E-state index contributed by atoms with van der Waals surface area (Å²) in [5, 5.41) is 11.4. The molecular weight excluding hydrogens is 376 g/mol. The first-order chi connectivity index (χ1) is 13.9. The monoisotopic (exact) mass is 404 g/mol. The normalized spacial score (nSPS) is 14.6. The van der Waals surface area contributed by atoms with Gasteiger partial charge in [-0.2, -0.15) is 0 Å². The van der Waals surface area contributed by atoms with Crippen molar-refractivity contribution in [1.29, 1.82) is 0 Å². The van der Waals surface area contributed by atoms with Crippen LogP contribution < -0.4 is 0 Å². The van der Waals surface area contributed by atoms with Gasteiger partial charge in [-0.05, 0) is 23.3 Å². The molecule has 3 rings (SSSR count). The van der Waals surface area contributed by atoms with Gasteiger partial charge in [-0.3, -0.25) is 0 Å². The zero-order valence-corrected chi connectivity index (χ0v) is 18.2. The summed E-state index contributed by atoms with van der Waals surface area (Å²) < 4.78 is 6.12. The lowest BCUT2D eigenvalue weighted by atomic mass is 9.89. The van der Waals surface area contributed by atoms with Crippen LogP contribution in [0.2, 0.25) is 19.6 Å². The molecule has 0 fully saturated rings. The summed E-state index contributed by atoms with van der Waals surface area (Å²) >= 11 is 0. The van der Waals surface area contributed by atoms with E-state index in [0.29, 0.717) is 5.56 Å². The van der Waals surface area contributed by atoms with E-state index in [9.17, 15) is 9.90 Å². The lowest BCUT2D eigenvalue weighted by molar-refractivity contribution is 0.0231. The lowest BCUT2D eigenvalue weighted by Crippen LogP contribution is -2.47. The highest BCUT2D eigenvalue weighted by molar-refractivity contribution is 6.77. The van der Waals surface area contributed by atoms with E-state index in [0.717, 1.165) is 11.1 Å². The van der Waals surface area contributed by atoms with Gasteiger partial charge >= 0.3 is 5.97 Å². The van der Waals surface area contributed by atoms with E-state index in [1.807, 2.05) is 78.9 Å². The SMILES string of the molecule is C[Si](C)(C)[C@H](OC(=O)c1ccccc1)[C@@H](c1ccccc1)[C@@H](O)c1ccccc1. The molecule has 1 N–H and O–H groups in total. The third-order valence-corrected chi connectivity index (χ3v) is 7.27. The number of carbonyl (C=O) groups excluding carboxylic acids is 1. The average Bonchev–Trinajstić information content (AvgIpc) is 2.74. The highest BCUT2D eigenvalue weighted by atomic mass is 28.3. The predicted molar refractivity (Wildman–Crippen MR) is 120 cm³/mol. The molecule has 3 aromatic rings. The molecule has 0 spiro atoms. The maximum absolute atomic E-state index is 12.9. The van der Waals surface area contributed by atoms with E-state index in [-0.39, 0.29) is 11.9 Å². The molecule has 0 aromatic heterocycles. The fraction of sp³-hybridized carbons (Fsp3) is 0.240. The van der Waals surface area contributed by atoms with Crippen LogP contribution in [0.4, 0.5) is 0 Å². The second-order valence-electron chi connectivity index (χ2n) is 8.35. The van der Waals surface area contributed by atoms with Gasteiger partial charge in [0.15, 0.2) is 0 Å².